The largest absolute Gasteiger partial charge is 0.468 e. The van der Waals surface area contributed by atoms with Gasteiger partial charge in [0.2, 0.25) is 15.9 Å². The zero-order chi connectivity index (χ0) is 23.3. The molecule has 33 heavy (non-hydrogen) atoms. The first-order chi connectivity index (χ1) is 15.9. The van der Waals surface area contributed by atoms with Gasteiger partial charge in [-0.1, -0.05) is 12.1 Å². The highest BCUT2D eigenvalue weighted by atomic mass is 32.2. The van der Waals surface area contributed by atoms with Crippen molar-refractivity contribution < 1.29 is 22.4 Å². The molecule has 176 valence electrons. The van der Waals surface area contributed by atoms with Crippen LogP contribution in [0.1, 0.15) is 16.2 Å². The van der Waals surface area contributed by atoms with Crippen LogP contribution in [-0.2, 0) is 32.6 Å². The number of aryl methyl sites for hydroxylation is 1. The smallest absolute Gasteiger partial charge is 0.243 e. The predicted octanol–water partition coefficient (Wildman–Crippen LogP) is 3.31. The summed E-state index contributed by atoms with van der Waals surface area (Å²) in [5.74, 6) is 0.547. The van der Waals surface area contributed by atoms with Gasteiger partial charge in [-0.3, -0.25) is 9.69 Å². The van der Waals surface area contributed by atoms with E-state index >= 15 is 0 Å². The van der Waals surface area contributed by atoms with Crippen LogP contribution in [0.25, 0.3) is 0 Å². The third-order valence-electron chi connectivity index (χ3n) is 5.35. The molecule has 0 atom stereocenters. The molecule has 1 N–H and O–H groups in total. The lowest BCUT2D eigenvalue weighted by molar-refractivity contribution is -0.117. The van der Waals surface area contributed by atoms with Crippen molar-refractivity contribution in [3.63, 3.8) is 0 Å². The summed E-state index contributed by atoms with van der Waals surface area (Å²) >= 11 is 1.63. The second kappa shape index (κ2) is 10.6. The van der Waals surface area contributed by atoms with E-state index in [9.17, 15) is 13.2 Å². The number of carbonyl (C=O) groups excluding carboxylic acids is 1. The number of furan rings is 1. The summed E-state index contributed by atoms with van der Waals surface area (Å²) in [6.07, 6.45) is 1.61. The first-order valence-corrected chi connectivity index (χ1v) is 13.0. The molecule has 0 spiro atoms. The Morgan fingerprint density at radius 1 is 1.15 bits per heavy atom. The molecule has 0 radical (unpaired) electrons. The number of nitrogens with one attached hydrogen (secondary N) is 1. The monoisotopic (exact) mass is 489 g/mol. The van der Waals surface area contributed by atoms with Gasteiger partial charge in [-0.25, -0.2) is 8.42 Å². The number of rotatable bonds is 9. The molecule has 0 aliphatic carbocycles. The van der Waals surface area contributed by atoms with E-state index in [0.29, 0.717) is 50.6 Å². The molecule has 1 amide bonds. The van der Waals surface area contributed by atoms with Crippen LogP contribution in [0.15, 0.2) is 63.4 Å². The van der Waals surface area contributed by atoms with E-state index < -0.39 is 10.0 Å². The van der Waals surface area contributed by atoms with Crippen molar-refractivity contribution in [3.05, 3.63) is 70.3 Å². The molecule has 0 bridgehead atoms. The standard InChI is InChI=1S/C23H27N3O5S2/c1-18-6-7-19(14-22(18)33(28,29)26-8-11-30-12-9-26)24-23(27)17-25(15-20-4-2-10-31-20)16-21-5-3-13-32-21/h2-7,10,13-14H,8-9,11-12,15-17H2,1H3,(H,24,27). The molecular weight excluding hydrogens is 462 g/mol. The summed E-state index contributed by atoms with van der Waals surface area (Å²) in [5, 5.41) is 4.86. The molecule has 0 saturated carbocycles. The minimum atomic E-state index is -3.66. The number of hydrogen-bond donors (Lipinski definition) is 1. The number of carbonyl (C=O) groups is 1. The lowest BCUT2D eigenvalue weighted by Gasteiger charge is -2.27. The van der Waals surface area contributed by atoms with Gasteiger partial charge in [0.15, 0.2) is 0 Å². The summed E-state index contributed by atoms with van der Waals surface area (Å²) in [6, 6.07) is 12.7. The maximum absolute atomic E-state index is 13.1. The second-order valence-corrected chi connectivity index (χ2v) is 10.8. The van der Waals surface area contributed by atoms with Crippen LogP contribution in [0.2, 0.25) is 0 Å². The zero-order valence-electron chi connectivity index (χ0n) is 18.4. The van der Waals surface area contributed by atoms with E-state index in [-0.39, 0.29) is 17.3 Å². The summed E-state index contributed by atoms with van der Waals surface area (Å²) in [6.45, 7) is 4.39. The Morgan fingerprint density at radius 2 is 1.97 bits per heavy atom. The van der Waals surface area contributed by atoms with Gasteiger partial charge in [0.1, 0.15) is 5.76 Å². The fourth-order valence-corrected chi connectivity index (χ4v) is 6.10. The Morgan fingerprint density at radius 3 is 2.67 bits per heavy atom. The molecule has 1 aliphatic rings. The average Bonchev–Trinajstić information content (AvgIpc) is 3.50. The summed E-state index contributed by atoms with van der Waals surface area (Å²) in [4.78, 5) is 16.2. The molecular formula is C23H27N3O5S2. The molecule has 3 heterocycles. The molecule has 10 heteroatoms. The number of ether oxygens (including phenoxy) is 1. The van der Waals surface area contributed by atoms with Crippen LogP contribution in [0.3, 0.4) is 0 Å². The van der Waals surface area contributed by atoms with Gasteiger partial charge in [0, 0.05) is 30.2 Å². The van der Waals surface area contributed by atoms with Gasteiger partial charge >= 0.3 is 0 Å². The Kier molecular flexibility index (Phi) is 7.61. The van der Waals surface area contributed by atoms with Gasteiger partial charge in [-0.2, -0.15) is 4.31 Å². The number of morpholine rings is 1. The van der Waals surface area contributed by atoms with Crippen LogP contribution in [0.5, 0.6) is 0 Å². The molecule has 1 fully saturated rings. The Labute approximate surface area is 197 Å². The van der Waals surface area contributed by atoms with Gasteiger partial charge < -0.3 is 14.5 Å². The van der Waals surface area contributed by atoms with Gasteiger partial charge in [-0.05, 0) is 48.2 Å². The fraction of sp³-hybridized carbons (Fsp3) is 0.348. The maximum Gasteiger partial charge on any atom is 0.243 e. The van der Waals surface area contributed by atoms with Crippen LogP contribution < -0.4 is 5.32 Å². The van der Waals surface area contributed by atoms with E-state index in [0.717, 1.165) is 10.6 Å². The summed E-state index contributed by atoms with van der Waals surface area (Å²) in [5.41, 5.74) is 1.09. The quantitative estimate of drug-likeness (QED) is 0.496. The van der Waals surface area contributed by atoms with E-state index in [4.69, 9.17) is 9.15 Å². The topological polar surface area (TPSA) is 92.1 Å². The molecule has 0 unspecified atom stereocenters. The number of hydrogen-bond acceptors (Lipinski definition) is 7. The third kappa shape index (κ3) is 6.10. The van der Waals surface area contributed by atoms with Crippen molar-refractivity contribution in [1.82, 2.24) is 9.21 Å². The van der Waals surface area contributed by atoms with E-state index in [2.05, 4.69) is 5.32 Å². The molecule has 4 rings (SSSR count). The van der Waals surface area contributed by atoms with E-state index in [1.54, 1.807) is 36.7 Å². The molecule has 1 saturated heterocycles. The summed E-state index contributed by atoms with van der Waals surface area (Å²) in [7, 11) is -3.66. The average molecular weight is 490 g/mol. The Hall–Kier alpha value is -2.50. The predicted molar refractivity (Wildman–Crippen MR) is 127 cm³/mol. The molecule has 2 aromatic heterocycles. The van der Waals surface area contributed by atoms with Crippen molar-refractivity contribution in [2.24, 2.45) is 0 Å². The number of thiophene rings is 1. The van der Waals surface area contributed by atoms with Crippen molar-refractivity contribution in [2.45, 2.75) is 24.9 Å². The van der Waals surface area contributed by atoms with Crippen LogP contribution in [-0.4, -0.2) is 56.4 Å². The lowest BCUT2D eigenvalue weighted by atomic mass is 10.2. The minimum Gasteiger partial charge on any atom is -0.468 e. The van der Waals surface area contributed by atoms with Gasteiger partial charge in [-0.15, -0.1) is 11.3 Å². The Bertz CT molecular complexity index is 1120. The maximum atomic E-state index is 13.1. The highest BCUT2D eigenvalue weighted by molar-refractivity contribution is 7.89. The van der Waals surface area contributed by atoms with Crippen LogP contribution >= 0.6 is 11.3 Å². The normalized spacial score (nSPS) is 15.1. The number of nitrogens with zero attached hydrogens (tertiary/aromatic N) is 2. The third-order valence-corrected chi connectivity index (χ3v) is 8.25. The molecule has 1 aliphatic heterocycles. The minimum absolute atomic E-state index is 0.137. The first kappa shape index (κ1) is 23.7. The molecule has 8 nitrogen and oxygen atoms in total. The molecule has 3 aromatic rings. The Balaban J connectivity index is 1.47. The highest BCUT2D eigenvalue weighted by Gasteiger charge is 2.28. The van der Waals surface area contributed by atoms with Gasteiger partial charge in [0.25, 0.3) is 0 Å². The van der Waals surface area contributed by atoms with Crippen molar-refractivity contribution in [1.29, 1.82) is 0 Å². The second-order valence-electron chi connectivity index (χ2n) is 7.85. The van der Waals surface area contributed by atoms with Crippen molar-refractivity contribution >= 4 is 33.0 Å². The number of anilines is 1. The lowest BCUT2D eigenvalue weighted by Crippen LogP contribution is -2.40. The zero-order valence-corrected chi connectivity index (χ0v) is 20.0. The van der Waals surface area contributed by atoms with E-state index in [1.807, 2.05) is 34.5 Å². The number of sulfonamides is 1. The highest BCUT2D eigenvalue weighted by Crippen LogP contribution is 2.24. The van der Waals surface area contributed by atoms with Crippen molar-refractivity contribution in [2.75, 3.05) is 38.2 Å². The van der Waals surface area contributed by atoms with E-state index in [1.165, 1.54) is 10.4 Å². The number of benzene rings is 1. The van der Waals surface area contributed by atoms with Crippen LogP contribution in [0, 0.1) is 6.92 Å². The fourth-order valence-electron chi connectivity index (χ4n) is 3.70. The SMILES string of the molecule is Cc1ccc(NC(=O)CN(Cc2ccco2)Cc2cccs2)cc1S(=O)(=O)N1CCOCC1. The first-order valence-electron chi connectivity index (χ1n) is 10.7. The number of amides is 1. The van der Waals surface area contributed by atoms with Crippen LogP contribution in [0.4, 0.5) is 5.69 Å². The molecule has 1 aromatic carbocycles. The summed E-state index contributed by atoms with van der Waals surface area (Å²) < 4.78 is 38.4. The van der Waals surface area contributed by atoms with Crippen molar-refractivity contribution in [3.8, 4) is 0 Å². The van der Waals surface area contributed by atoms with Gasteiger partial charge in [0.05, 0.1) is 37.5 Å².